The van der Waals surface area contributed by atoms with E-state index in [2.05, 4.69) is 33.3 Å². The van der Waals surface area contributed by atoms with Gasteiger partial charge in [0.2, 0.25) is 10.0 Å². The highest BCUT2D eigenvalue weighted by atomic mass is 32.2. The second-order valence-electron chi connectivity index (χ2n) is 7.88. The van der Waals surface area contributed by atoms with Gasteiger partial charge >= 0.3 is 0 Å². The number of thiophene rings is 1. The SMILES string of the molecule is Cc1ccc(NS(C)(=O)=O)c(C(=O)NCC(c2cccs2)N2CCC(C)CC2)c1. The number of nitrogens with zero attached hydrogens (tertiary/aromatic N) is 1. The zero-order valence-electron chi connectivity index (χ0n) is 17.1. The molecule has 0 aliphatic carbocycles. The normalized spacial score (nSPS) is 17.1. The standard InChI is InChI=1S/C21H29N3O3S2/c1-15-8-10-24(11-9-15)19(20-5-4-12-28-20)14-22-21(25)17-13-16(2)6-7-18(17)23-29(3,26)27/h4-7,12-13,15,19,23H,8-11,14H2,1-3H3,(H,22,25). The molecule has 6 nitrogen and oxygen atoms in total. The number of nitrogens with one attached hydrogen (secondary N) is 2. The minimum Gasteiger partial charge on any atom is -0.350 e. The number of rotatable bonds is 7. The van der Waals surface area contributed by atoms with Crippen molar-refractivity contribution in [3.63, 3.8) is 0 Å². The quantitative estimate of drug-likeness (QED) is 0.696. The van der Waals surface area contributed by atoms with E-state index in [0.29, 0.717) is 17.8 Å². The molecule has 1 aromatic heterocycles. The summed E-state index contributed by atoms with van der Waals surface area (Å²) in [6, 6.07) is 9.41. The zero-order chi connectivity index (χ0) is 21.0. The van der Waals surface area contributed by atoms with Crippen molar-refractivity contribution in [1.29, 1.82) is 0 Å². The third-order valence-electron chi connectivity index (χ3n) is 5.30. The van der Waals surface area contributed by atoms with Gasteiger partial charge in [0.05, 0.1) is 23.5 Å². The first kappa shape index (κ1) is 21.8. The minimum atomic E-state index is -3.47. The van der Waals surface area contributed by atoms with Gasteiger partial charge in [0, 0.05) is 11.4 Å². The lowest BCUT2D eigenvalue weighted by atomic mass is 9.97. The Hall–Kier alpha value is -1.90. The molecule has 158 valence electrons. The first-order valence-electron chi connectivity index (χ1n) is 9.87. The maximum atomic E-state index is 13.0. The minimum absolute atomic E-state index is 0.127. The number of anilines is 1. The molecule has 1 aliphatic rings. The van der Waals surface area contributed by atoms with Crippen molar-refractivity contribution in [1.82, 2.24) is 10.2 Å². The van der Waals surface area contributed by atoms with Gasteiger partial charge in [-0.3, -0.25) is 14.4 Å². The van der Waals surface area contributed by atoms with Gasteiger partial charge < -0.3 is 5.32 Å². The number of hydrogen-bond donors (Lipinski definition) is 2. The Bertz CT molecular complexity index is 934. The lowest BCUT2D eigenvalue weighted by molar-refractivity contribution is 0.0915. The molecular formula is C21H29N3O3S2. The van der Waals surface area contributed by atoms with E-state index in [1.165, 1.54) is 4.88 Å². The molecule has 2 N–H and O–H groups in total. The van der Waals surface area contributed by atoms with E-state index in [0.717, 1.165) is 43.7 Å². The maximum absolute atomic E-state index is 13.0. The van der Waals surface area contributed by atoms with Crippen molar-refractivity contribution in [2.75, 3.05) is 30.6 Å². The smallest absolute Gasteiger partial charge is 0.253 e. The van der Waals surface area contributed by atoms with Crippen LogP contribution in [0.5, 0.6) is 0 Å². The van der Waals surface area contributed by atoms with E-state index in [1.807, 2.05) is 13.0 Å². The van der Waals surface area contributed by atoms with Crippen molar-refractivity contribution in [2.45, 2.75) is 32.7 Å². The van der Waals surface area contributed by atoms with Gasteiger partial charge in [-0.05, 0) is 62.4 Å². The molecule has 0 radical (unpaired) electrons. The predicted molar refractivity (Wildman–Crippen MR) is 119 cm³/mol. The van der Waals surface area contributed by atoms with Crippen LogP contribution in [0.4, 0.5) is 5.69 Å². The fourth-order valence-corrected chi connectivity index (χ4v) is 5.09. The monoisotopic (exact) mass is 435 g/mol. The van der Waals surface area contributed by atoms with E-state index in [4.69, 9.17) is 0 Å². The molecule has 0 bridgehead atoms. The van der Waals surface area contributed by atoms with Crippen LogP contribution in [-0.2, 0) is 10.0 Å². The number of amides is 1. The number of likely N-dealkylation sites (tertiary alicyclic amines) is 1. The molecule has 2 heterocycles. The average Bonchev–Trinajstić information content (AvgIpc) is 3.18. The molecule has 1 aromatic carbocycles. The fraction of sp³-hybridized carbons (Fsp3) is 0.476. The second kappa shape index (κ2) is 9.28. The van der Waals surface area contributed by atoms with Gasteiger partial charge in [-0.25, -0.2) is 8.42 Å². The molecule has 1 fully saturated rings. The first-order valence-corrected chi connectivity index (χ1v) is 12.6. The van der Waals surface area contributed by atoms with Crippen LogP contribution in [0.25, 0.3) is 0 Å². The number of carbonyl (C=O) groups excluding carboxylic acids is 1. The number of benzene rings is 1. The largest absolute Gasteiger partial charge is 0.350 e. The summed E-state index contributed by atoms with van der Waals surface area (Å²) in [5.74, 6) is 0.466. The molecule has 29 heavy (non-hydrogen) atoms. The summed E-state index contributed by atoms with van der Waals surface area (Å²) in [5, 5.41) is 5.10. The number of hydrogen-bond acceptors (Lipinski definition) is 5. The van der Waals surface area contributed by atoms with Gasteiger partial charge in [0.25, 0.3) is 5.91 Å². The molecule has 0 saturated carbocycles. The Morgan fingerprint density at radius 3 is 2.62 bits per heavy atom. The van der Waals surface area contributed by atoms with Crippen molar-refractivity contribution >= 4 is 33.0 Å². The van der Waals surface area contributed by atoms with Gasteiger partial charge in [0.1, 0.15) is 0 Å². The predicted octanol–water partition coefficient (Wildman–Crippen LogP) is 3.63. The number of aryl methyl sites for hydroxylation is 1. The van der Waals surface area contributed by atoms with E-state index < -0.39 is 10.0 Å². The maximum Gasteiger partial charge on any atom is 0.253 e. The van der Waals surface area contributed by atoms with Crippen LogP contribution in [0.1, 0.15) is 46.6 Å². The highest BCUT2D eigenvalue weighted by molar-refractivity contribution is 7.92. The Morgan fingerprint density at radius 1 is 1.28 bits per heavy atom. The van der Waals surface area contributed by atoms with Crippen molar-refractivity contribution in [3.05, 3.63) is 51.7 Å². The summed E-state index contributed by atoms with van der Waals surface area (Å²) in [5.41, 5.74) is 1.54. The van der Waals surface area contributed by atoms with E-state index in [9.17, 15) is 13.2 Å². The fourth-order valence-electron chi connectivity index (χ4n) is 3.65. The molecule has 1 saturated heterocycles. The number of carbonyl (C=O) groups is 1. The summed E-state index contributed by atoms with van der Waals surface area (Å²) in [7, 11) is -3.47. The molecule has 8 heteroatoms. The summed E-state index contributed by atoms with van der Waals surface area (Å²) >= 11 is 1.70. The van der Waals surface area contributed by atoms with Gasteiger partial charge in [0.15, 0.2) is 0 Å². The molecule has 1 unspecified atom stereocenters. The summed E-state index contributed by atoms with van der Waals surface area (Å²) in [6.45, 7) is 6.69. The summed E-state index contributed by atoms with van der Waals surface area (Å²) < 4.78 is 25.8. The van der Waals surface area contributed by atoms with Crippen LogP contribution >= 0.6 is 11.3 Å². The highest BCUT2D eigenvalue weighted by Gasteiger charge is 2.26. The lowest BCUT2D eigenvalue weighted by Gasteiger charge is -2.36. The van der Waals surface area contributed by atoms with Crippen LogP contribution in [0.3, 0.4) is 0 Å². The second-order valence-corrected chi connectivity index (χ2v) is 10.6. The molecule has 1 atom stereocenters. The average molecular weight is 436 g/mol. The van der Waals surface area contributed by atoms with Gasteiger partial charge in [-0.15, -0.1) is 11.3 Å². The Labute approximate surface area is 177 Å². The molecule has 1 aliphatic heterocycles. The van der Waals surface area contributed by atoms with Crippen molar-refractivity contribution in [3.8, 4) is 0 Å². The third kappa shape index (κ3) is 6.04. The topological polar surface area (TPSA) is 78.5 Å². The molecule has 1 amide bonds. The Balaban J connectivity index is 1.76. The van der Waals surface area contributed by atoms with E-state index >= 15 is 0 Å². The van der Waals surface area contributed by atoms with E-state index in [-0.39, 0.29) is 11.9 Å². The van der Waals surface area contributed by atoms with E-state index in [1.54, 1.807) is 29.5 Å². The summed E-state index contributed by atoms with van der Waals surface area (Å²) in [4.78, 5) is 16.6. The van der Waals surface area contributed by atoms with Crippen LogP contribution in [0.15, 0.2) is 35.7 Å². The van der Waals surface area contributed by atoms with Crippen molar-refractivity contribution < 1.29 is 13.2 Å². The van der Waals surface area contributed by atoms with Crippen LogP contribution in [-0.4, -0.2) is 45.1 Å². The van der Waals surface area contributed by atoms with Crippen LogP contribution in [0, 0.1) is 12.8 Å². The first-order chi connectivity index (χ1) is 13.7. The third-order valence-corrected chi connectivity index (χ3v) is 6.87. The van der Waals surface area contributed by atoms with Crippen LogP contribution in [0.2, 0.25) is 0 Å². The zero-order valence-corrected chi connectivity index (χ0v) is 18.8. The number of sulfonamides is 1. The Morgan fingerprint density at radius 2 is 2.00 bits per heavy atom. The van der Waals surface area contributed by atoms with Gasteiger partial charge in [-0.2, -0.15) is 0 Å². The van der Waals surface area contributed by atoms with Crippen LogP contribution < -0.4 is 10.0 Å². The van der Waals surface area contributed by atoms with Gasteiger partial charge in [-0.1, -0.05) is 24.6 Å². The lowest BCUT2D eigenvalue weighted by Crippen LogP contribution is -2.41. The summed E-state index contributed by atoms with van der Waals surface area (Å²) in [6.07, 6.45) is 3.41. The molecular weight excluding hydrogens is 406 g/mol. The molecule has 3 rings (SSSR count). The van der Waals surface area contributed by atoms with Crippen molar-refractivity contribution in [2.24, 2.45) is 5.92 Å². The highest BCUT2D eigenvalue weighted by Crippen LogP contribution is 2.29. The Kier molecular flexibility index (Phi) is 6.97. The number of piperidine rings is 1. The molecule has 2 aromatic rings. The molecule has 0 spiro atoms.